The van der Waals surface area contributed by atoms with E-state index < -0.39 is 19.6 Å². The van der Waals surface area contributed by atoms with Gasteiger partial charge in [0.15, 0.2) is 13.5 Å². The molecule has 0 heterocycles. The van der Waals surface area contributed by atoms with Gasteiger partial charge in [-0.3, -0.25) is 0 Å². The second-order valence-corrected chi connectivity index (χ2v) is 8.33. The quantitative estimate of drug-likeness (QED) is 0.848. The van der Waals surface area contributed by atoms with E-state index in [0.717, 1.165) is 0 Å². The molecule has 3 nitrogen and oxygen atoms in total. The minimum absolute atomic E-state index is 0.00398. The molecule has 1 aromatic carbocycles. The van der Waals surface area contributed by atoms with Gasteiger partial charge in [0, 0.05) is 5.75 Å². The molecule has 0 aliphatic carbocycles. The number of hydrogen-bond donors (Lipinski definition) is 1. The molecule has 0 spiro atoms. The van der Waals surface area contributed by atoms with Gasteiger partial charge in [0.05, 0.1) is 0 Å². The van der Waals surface area contributed by atoms with Crippen LogP contribution in [-0.4, -0.2) is 22.9 Å². The smallest absolute Gasteiger partial charge is 0.168 e. The average molecular weight is 321 g/mol. The Hall–Kier alpha value is -0.390. The lowest BCUT2D eigenvalue weighted by molar-refractivity contribution is 0.160. The Bertz CT molecular complexity index is 458. The molecule has 96 valence electrons. The summed E-state index contributed by atoms with van der Waals surface area (Å²) < 4.78 is 22.8. The third kappa shape index (κ3) is 2.72. The zero-order valence-electron chi connectivity index (χ0n) is 9.93. The highest BCUT2D eigenvalue weighted by Gasteiger charge is 2.45. The minimum atomic E-state index is -3.39. The van der Waals surface area contributed by atoms with E-state index in [1.807, 2.05) is 6.07 Å². The van der Waals surface area contributed by atoms with Crippen molar-refractivity contribution in [2.24, 2.45) is 0 Å². The fraction of sp³-hybridized carbons (Fsp3) is 0.500. The van der Waals surface area contributed by atoms with Crippen molar-refractivity contribution in [1.82, 2.24) is 0 Å². The molecule has 2 atom stereocenters. The highest BCUT2D eigenvalue weighted by atomic mass is 79.9. The highest BCUT2D eigenvalue weighted by Crippen LogP contribution is 2.41. The van der Waals surface area contributed by atoms with E-state index in [2.05, 4.69) is 15.9 Å². The summed E-state index contributed by atoms with van der Waals surface area (Å²) in [6.45, 7) is 3.33. The van der Waals surface area contributed by atoms with E-state index in [0.29, 0.717) is 12.0 Å². The van der Waals surface area contributed by atoms with Crippen molar-refractivity contribution in [2.75, 3.05) is 5.75 Å². The Morgan fingerprint density at radius 2 is 1.82 bits per heavy atom. The summed E-state index contributed by atoms with van der Waals surface area (Å²) in [5, 5.41) is 10.3. The van der Waals surface area contributed by atoms with Crippen LogP contribution in [0.1, 0.15) is 31.9 Å². The van der Waals surface area contributed by atoms with Crippen LogP contribution in [0.25, 0.3) is 0 Å². The summed E-state index contributed by atoms with van der Waals surface area (Å²) in [6, 6.07) is 8.83. The van der Waals surface area contributed by atoms with Crippen LogP contribution in [0.2, 0.25) is 0 Å². The second kappa shape index (κ2) is 5.50. The Morgan fingerprint density at radius 3 is 2.24 bits per heavy atom. The maximum absolute atomic E-state index is 12.1. The van der Waals surface area contributed by atoms with Gasteiger partial charge in [0.25, 0.3) is 0 Å². The predicted octanol–water partition coefficient (Wildman–Crippen LogP) is 2.66. The standard InChI is InChI=1S/C12H17BrO3S/c1-3-12(13,17(15,16)4-2)11(14)10-8-6-5-7-9-10/h5-9,11,14H,3-4H2,1-2H3/t11-,12-/m1/s1. The van der Waals surface area contributed by atoms with Crippen molar-refractivity contribution in [1.29, 1.82) is 0 Å². The summed E-state index contributed by atoms with van der Waals surface area (Å²) in [4.78, 5) is 0. The summed E-state index contributed by atoms with van der Waals surface area (Å²) in [5.41, 5.74) is 0.600. The number of halogens is 1. The van der Waals surface area contributed by atoms with Crippen molar-refractivity contribution >= 4 is 25.8 Å². The molecule has 0 aromatic heterocycles. The first-order valence-corrected chi connectivity index (χ1v) is 7.97. The van der Waals surface area contributed by atoms with Gasteiger partial charge in [-0.15, -0.1) is 0 Å². The zero-order chi connectivity index (χ0) is 13.1. The van der Waals surface area contributed by atoms with Gasteiger partial charge >= 0.3 is 0 Å². The van der Waals surface area contributed by atoms with Crippen LogP contribution in [0.15, 0.2) is 30.3 Å². The fourth-order valence-corrected chi connectivity index (χ4v) is 4.05. The first kappa shape index (κ1) is 14.7. The van der Waals surface area contributed by atoms with Gasteiger partial charge in [-0.05, 0) is 12.0 Å². The molecule has 0 saturated heterocycles. The molecule has 1 aromatic rings. The molecular formula is C12H17BrO3S. The SMILES string of the molecule is CC[C@](Br)([C@H](O)c1ccccc1)S(=O)(=O)CC. The van der Waals surface area contributed by atoms with Gasteiger partial charge in [-0.25, -0.2) is 8.42 Å². The summed E-state index contributed by atoms with van der Waals surface area (Å²) in [6.07, 6.45) is -0.766. The Kier molecular flexibility index (Phi) is 4.75. The monoisotopic (exact) mass is 320 g/mol. The predicted molar refractivity (Wildman–Crippen MR) is 72.8 cm³/mol. The average Bonchev–Trinajstić information content (AvgIpc) is 2.37. The molecule has 0 amide bonds. The summed E-state index contributed by atoms with van der Waals surface area (Å²) >= 11 is 3.23. The van der Waals surface area contributed by atoms with Gasteiger partial charge in [0.1, 0.15) is 6.10 Å². The normalized spacial score (nSPS) is 17.4. The fourth-order valence-electron chi connectivity index (χ4n) is 1.71. The molecule has 5 heteroatoms. The molecule has 17 heavy (non-hydrogen) atoms. The number of hydrogen-bond acceptors (Lipinski definition) is 3. The number of rotatable bonds is 5. The molecule has 0 aliphatic heterocycles. The van der Waals surface area contributed by atoms with Gasteiger partial charge in [-0.2, -0.15) is 0 Å². The van der Waals surface area contributed by atoms with Crippen LogP contribution in [0.5, 0.6) is 0 Å². The molecule has 0 unspecified atom stereocenters. The summed E-state index contributed by atoms with van der Waals surface area (Å²) in [5.74, 6) is -0.00398. The second-order valence-electron chi connectivity index (χ2n) is 3.86. The van der Waals surface area contributed by atoms with Crippen molar-refractivity contribution in [3.63, 3.8) is 0 Å². The lowest BCUT2D eigenvalue weighted by Crippen LogP contribution is -2.39. The number of aliphatic hydroxyl groups excluding tert-OH is 1. The van der Waals surface area contributed by atoms with Gasteiger partial charge < -0.3 is 5.11 Å². The largest absolute Gasteiger partial charge is 0.386 e. The number of alkyl halides is 1. The van der Waals surface area contributed by atoms with Crippen LogP contribution in [-0.2, 0) is 9.84 Å². The van der Waals surface area contributed by atoms with Crippen LogP contribution in [0.3, 0.4) is 0 Å². The van der Waals surface area contributed by atoms with Crippen molar-refractivity contribution < 1.29 is 13.5 Å². The van der Waals surface area contributed by atoms with E-state index in [9.17, 15) is 13.5 Å². The van der Waals surface area contributed by atoms with Crippen LogP contribution < -0.4 is 0 Å². The lowest BCUT2D eigenvalue weighted by Gasteiger charge is -2.31. The number of benzene rings is 1. The maximum atomic E-state index is 12.1. The molecule has 0 aliphatic rings. The number of aliphatic hydroxyl groups is 1. The Labute approximate surface area is 111 Å². The highest BCUT2D eigenvalue weighted by molar-refractivity contribution is 9.11. The van der Waals surface area contributed by atoms with Crippen LogP contribution in [0, 0.1) is 0 Å². The van der Waals surface area contributed by atoms with E-state index in [1.165, 1.54) is 0 Å². The number of sulfone groups is 1. The minimum Gasteiger partial charge on any atom is -0.386 e. The maximum Gasteiger partial charge on any atom is 0.168 e. The van der Waals surface area contributed by atoms with E-state index >= 15 is 0 Å². The van der Waals surface area contributed by atoms with Crippen LogP contribution >= 0.6 is 15.9 Å². The van der Waals surface area contributed by atoms with E-state index in [4.69, 9.17) is 0 Å². The van der Waals surface area contributed by atoms with Gasteiger partial charge in [-0.1, -0.05) is 60.1 Å². The Balaban J connectivity index is 3.20. The molecule has 0 bridgehead atoms. The van der Waals surface area contributed by atoms with Crippen molar-refractivity contribution in [2.45, 2.75) is 30.0 Å². The Morgan fingerprint density at radius 1 is 1.29 bits per heavy atom. The molecular weight excluding hydrogens is 304 g/mol. The molecule has 0 saturated carbocycles. The first-order chi connectivity index (χ1) is 7.89. The van der Waals surface area contributed by atoms with Gasteiger partial charge in [0.2, 0.25) is 0 Å². The topological polar surface area (TPSA) is 54.4 Å². The third-order valence-corrected chi connectivity index (χ3v) is 7.68. The van der Waals surface area contributed by atoms with Crippen molar-refractivity contribution in [3.05, 3.63) is 35.9 Å². The molecule has 1 N–H and O–H groups in total. The summed E-state index contributed by atoms with van der Waals surface area (Å²) in [7, 11) is -3.39. The van der Waals surface area contributed by atoms with E-state index in [-0.39, 0.29) is 5.75 Å². The molecule has 1 rings (SSSR count). The van der Waals surface area contributed by atoms with E-state index in [1.54, 1.807) is 38.1 Å². The lowest BCUT2D eigenvalue weighted by atomic mass is 10.1. The molecule has 0 fully saturated rings. The zero-order valence-corrected chi connectivity index (χ0v) is 12.3. The first-order valence-electron chi connectivity index (χ1n) is 5.53. The molecule has 0 radical (unpaired) electrons. The van der Waals surface area contributed by atoms with Crippen molar-refractivity contribution in [3.8, 4) is 0 Å². The van der Waals surface area contributed by atoms with Crippen LogP contribution in [0.4, 0.5) is 0 Å². The third-order valence-electron chi connectivity index (χ3n) is 2.90.